The van der Waals surface area contributed by atoms with Gasteiger partial charge in [-0.15, -0.1) is 0 Å². The highest BCUT2D eigenvalue weighted by Crippen LogP contribution is 2.26. The molecule has 22 heavy (non-hydrogen) atoms. The maximum absolute atomic E-state index is 12.7. The number of halogens is 3. The van der Waals surface area contributed by atoms with E-state index in [1.54, 1.807) is 4.90 Å². The predicted octanol–water partition coefficient (Wildman–Crippen LogP) is 2.66. The van der Waals surface area contributed by atoms with Crippen LogP contribution in [0.3, 0.4) is 0 Å². The zero-order valence-electron chi connectivity index (χ0n) is 12.2. The Balaban J connectivity index is 2.13. The largest absolute Gasteiger partial charge is 0.421 e. The lowest BCUT2D eigenvalue weighted by molar-refractivity contribution is -0.139. The van der Waals surface area contributed by atoms with Crippen molar-refractivity contribution in [3.63, 3.8) is 0 Å². The third-order valence-electron chi connectivity index (χ3n) is 3.84. The number of hydrogen-bond acceptors (Lipinski definition) is 2. The molecule has 0 aromatic carbocycles. The van der Waals surface area contributed by atoms with Crippen LogP contribution in [0.2, 0.25) is 0 Å². The molecule has 0 atom stereocenters. The fourth-order valence-electron chi connectivity index (χ4n) is 2.62. The standard InChI is InChI=1S/C15H19F3N2O2/c16-15(17,18)12-7-6-10-20(14(12)22)11-13(21)19-8-4-2-1-3-5-9-19/h6-7,10H,1-5,8-9,11H2. The van der Waals surface area contributed by atoms with Crippen LogP contribution in [0.1, 0.15) is 37.7 Å². The van der Waals surface area contributed by atoms with Crippen molar-refractivity contribution in [2.24, 2.45) is 0 Å². The SMILES string of the molecule is O=C(Cn1cccc(C(F)(F)F)c1=O)N1CCCCCCC1. The molecule has 2 rings (SSSR count). The highest BCUT2D eigenvalue weighted by molar-refractivity contribution is 5.76. The summed E-state index contributed by atoms with van der Waals surface area (Å²) < 4.78 is 39.0. The highest BCUT2D eigenvalue weighted by atomic mass is 19.4. The van der Waals surface area contributed by atoms with Crippen molar-refractivity contribution in [3.05, 3.63) is 34.2 Å². The van der Waals surface area contributed by atoms with Gasteiger partial charge in [-0.2, -0.15) is 13.2 Å². The predicted molar refractivity (Wildman–Crippen MR) is 75.4 cm³/mol. The number of aromatic nitrogens is 1. The molecule has 1 saturated heterocycles. The van der Waals surface area contributed by atoms with Crippen LogP contribution in [-0.4, -0.2) is 28.5 Å². The summed E-state index contributed by atoms with van der Waals surface area (Å²) in [6, 6.07) is 1.88. The Kier molecular flexibility index (Phi) is 5.26. The normalized spacial score (nSPS) is 17.0. The van der Waals surface area contributed by atoms with Crippen LogP contribution >= 0.6 is 0 Å². The molecule has 1 aliphatic heterocycles. The molecule has 122 valence electrons. The van der Waals surface area contributed by atoms with Crippen LogP contribution in [0.25, 0.3) is 0 Å². The molecular formula is C15H19F3N2O2. The van der Waals surface area contributed by atoms with Crippen molar-refractivity contribution in [3.8, 4) is 0 Å². The summed E-state index contributed by atoms with van der Waals surface area (Å²) in [4.78, 5) is 25.7. The molecule has 0 bridgehead atoms. The second kappa shape index (κ2) is 6.98. The molecule has 0 saturated carbocycles. The fourth-order valence-corrected chi connectivity index (χ4v) is 2.62. The molecule has 7 heteroatoms. The molecule has 1 amide bonds. The Hall–Kier alpha value is -1.79. The van der Waals surface area contributed by atoms with Gasteiger partial charge < -0.3 is 9.47 Å². The number of amides is 1. The molecule has 0 spiro atoms. The summed E-state index contributed by atoms with van der Waals surface area (Å²) in [7, 11) is 0. The minimum atomic E-state index is -4.70. The first kappa shape index (κ1) is 16.6. The van der Waals surface area contributed by atoms with E-state index in [0.717, 1.165) is 48.8 Å². The van der Waals surface area contributed by atoms with Gasteiger partial charge in [0.2, 0.25) is 5.91 Å². The Morgan fingerprint density at radius 2 is 1.68 bits per heavy atom. The smallest absolute Gasteiger partial charge is 0.341 e. The third-order valence-corrected chi connectivity index (χ3v) is 3.84. The van der Waals surface area contributed by atoms with Gasteiger partial charge in [0.15, 0.2) is 0 Å². The average molecular weight is 316 g/mol. The van der Waals surface area contributed by atoms with E-state index in [2.05, 4.69) is 0 Å². The minimum Gasteiger partial charge on any atom is -0.341 e. The molecule has 4 nitrogen and oxygen atoms in total. The molecule has 0 aliphatic carbocycles. The summed E-state index contributed by atoms with van der Waals surface area (Å²) in [6.07, 6.45) is 1.55. The van der Waals surface area contributed by atoms with Crippen LogP contribution < -0.4 is 5.56 Å². The van der Waals surface area contributed by atoms with Crippen LogP contribution in [0.4, 0.5) is 13.2 Å². The number of hydrogen-bond donors (Lipinski definition) is 0. The van der Waals surface area contributed by atoms with Gasteiger partial charge in [0.05, 0.1) is 0 Å². The summed E-state index contributed by atoms with van der Waals surface area (Å²) in [5, 5.41) is 0. The van der Waals surface area contributed by atoms with Crippen molar-refractivity contribution < 1.29 is 18.0 Å². The van der Waals surface area contributed by atoms with Gasteiger partial charge in [-0.3, -0.25) is 9.59 Å². The molecule has 1 aromatic rings. The highest BCUT2D eigenvalue weighted by Gasteiger charge is 2.34. The molecule has 2 heterocycles. The monoisotopic (exact) mass is 316 g/mol. The first-order valence-electron chi connectivity index (χ1n) is 7.44. The van der Waals surface area contributed by atoms with Gasteiger partial charge in [0, 0.05) is 19.3 Å². The van der Waals surface area contributed by atoms with Crippen molar-refractivity contribution in [2.75, 3.05) is 13.1 Å². The van der Waals surface area contributed by atoms with Crippen molar-refractivity contribution in [1.82, 2.24) is 9.47 Å². The quantitative estimate of drug-likeness (QED) is 0.842. The van der Waals surface area contributed by atoms with Gasteiger partial charge >= 0.3 is 6.18 Å². The van der Waals surface area contributed by atoms with E-state index in [0.29, 0.717) is 13.1 Å². The van der Waals surface area contributed by atoms with E-state index in [9.17, 15) is 22.8 Å². The Labute approximate surface area is 126 Å². The minimum absolute atomic E-state index is 0.302. The molecule has 1 aliphatic rings. The van der Waals surface area contributed by atoms with E-state index in [1.165, 1.54) is 6.20 Å². The molecule has 0 radical (unpaired) electrons. The summed E-state index contributed by atoms with van der Waals surface area (Å²) in [5.41, 5.74) is -2.41. The van der Waals surface area contributed by atoms with Gasteiger partial charge in [0.25, 0.3) is 5.56 Å². The molecule has 1 aromatic heterocycles. The van der Waals surface area contributed by atoms with E-state index >= 15 is 0 Å². The molecule has 0 N–H and O–H groups in total. The van der Waals surface area contributed by atoms with Crippen molar-refractivity contribution in [1.29, 1.82) is 0 Å². The van der Waals surface area contributed by atoms with Gasteiger partial charge in [0.1, 0.15) is 12.1 Å². The summed E-state index contributed by atoms with van der Waals surface area (Å²) >= 11 is 0. The second-order valence-corrected chi connectivity index (χ2v) is 5.50. The third kappa shape index (κ3) is 4.11. The van der Waals surface area contributed by atoms with Gasteiger partial charge in [-0.1, -0.05) is 19.3 Å². The Bertz CT molecular complexity index is 573. The number of pyridine rings is 1. The summed E-state index contributed by atoms with van der Waals surface area (Å²) in [6.45, 7) is 0.863. The maximum atomic E-state index is 12.7. The lowest BCUT2D eigenvalue weighted by Gasteiger charge is -2.25. The average Bonchev–Trinajstić information content (AvgIpc) is 2.39. The Morgan fingerprint density at radius 3 is 2.27 bits per heavy atom. The van der Waals surface area contributed by atoms with Gasteiger partial charge in [-0.25, -0.2) is 0 Å². The van der Waals surface area contributed by atoms with E-state index in [-0.39, 0.29) is 12.5 Å². The Morgan fingerprint density at radius 1 is 1.09 bits per heavy atom. The van der Waals surface area contributed by atoms with Crippen molar-refractivity contribution >= 4 is 5.91 Å². The van der Waals surface area contributed by atoms with E-state index in [1.807, 2.05) is 0 Å². The number of alkyl halides is 3. The zero-order valence-corrected chi connectivity index (χ0v) is 12.2. The lowest BCUT2D eigenvalue weighted by atomic mass is 10.1. The topological polar surface area (TPSA) is 42.3 Å². The van der Waals surface area contributed by atoms with Crippen LogP contribution in [-0.2, 0) is 17.5 Å². The first-order chi connectivity index (χ1) is 10.4. The van der Waals surface area contributed by atoms with Crippen LogP contribution in [0.15, 0.2) is 23.1 Å². The second-order valence-electron chi connectivity index (χ2n) is 5.50. The number of carbonyl (C=O) groups is 1. The number of rotatable bonds is 2. The number of nitrogens with zero attached hydrogens (tertiary/aromatic N) is 2. The lowest BCUT2D eigenvalue weighted by Crippen LogP contribution is -2.39. The number of carbonyl (C=O) groups excluding carboxylic acids is 1. The van der Waals surface area contributed by atoms with E-state index < -0.39 is 17.3 Å². The van der Waals surface area contributed by atoms with Crippen LogP contribution in [0, 0.1) is 0 Å². The molecular weight excluding hydrogens is 297 g/mol. The molecule has 1 fully saturated rings. The first-order valence-corrected chi connectivity index (χ1v) is 7.44. The molecule has 0 unspecified atom stereocenters. The zero-order chi connectivity index (χ0) is 16.2. The van der Waals surface area contributed by atoms with Crippen LogP contribution in [0.5, 0.6) is 0 Å². The summed E-state index contributed by atoms with van der Waals surface area (Å²) in [5.74, 6) is -0.302. The maximum Gasteiger partial charge on any atom is 0.421 e. The van der Waals surface area contributed by atoms with Crippen molar-refractivity contribution in [2.45, 2.75) is 44.8 Å². The fraction of sp³-hybridized carbons (Fsp3) is 0.600. The van der Waals surface area contributed by atoms with Gasteiger partial charge in [-0.05, 0) is 25.0 Å². The van der Waals surface area contributed by atoms with E-state index in [4.69, 9.17) is 0 Å². The number of likely N-dealkylation sites (tertiary alicyclic amines) is 1.